The zero-order valence-corrected chi connectivity index (χ0v) is 16.3. The van der Waals surface area contributed by atoms with Crippen LogP contribution in [-0.4, -0.2) is 15.8 Å². The number of H-pyrrole nitrogens is 1. The summed E-state index contributed by atoms with van der Waals surface area (Å²) in [4.78, 5) is 20.7. The number of aromatic hydroxyl groups is 1. The van der Waals surface area contributed by atoms with Gasteiger partial charge in [-0.15, -0.1) is 0 Å². The average Bonchev–Trinajstić information content (AvgIpc) is 3.02. The molecule has 6 heteroatoms. The number of hydrogen-bond acceptors (Lipinski definition) is 5. The maximum absolute atomic E-state index is 12.9. The Morgan fingerprint density at radius 2 is 1.70 bits per heavy atom. The Balaban J connectivity index is 1.71. The van der Waals surface area contributed by atoms with Crippen molar-refractivity contribution in [2.24, 2.45) is 4.99 Å². The van der Waals surface area contributed by atoms with Gasteiger partial charge < -0.3 is 21.1 Å². The van der Waals surface area contributed by atoms with Gasteiger partial charge in [-0.3, -0.25) is 9.79 Å². The quantitative estimate of drug-likeness (QED) is 0.394. The minimum absolute atomic E-state index is 0.0698. The lowest BCUT2D eigenvalue weighted by Gasteiger charge is -2.25. The second-order valence-corrected chi connectivity index (χ2v) is 7.55. The van der Waals surface area contributed by atoms with E-state index >= 15 is 0 Å². The summed E-state index contributed by atoms with van der Waals surface area (Å²) in [6, 6.07) is 22.3. The number of fused-ring (bicyclic) bond motifs is 2. The molecule has 1 aromatic heterocycles. The molecule has 0 fully saturated rings. The molecule has 5 rings (SSSR count). The van der Waals surface area contributed by atoms with Crippen molar-refractivity contribution in [3.8, 4) is 5.75 Å². The summed E-state index contributed by atoms with van der Waals surface area (Å²) in [5, 5.41) is 15.0. The number of nitrogens with one attached hydrogen (secondary N) is 2. The van der Waals surface area contributed by atoms with Crippen LogP contribution in [0.25, 0.3) is 10.9 Å². The SMILES string of the molecule is CC1(Nc2ccc(N)cc2)N=C(c2c(O)c3ccccc3[nH]c2=O)c2ccccc21. The summed E-state index contributed by atoms with van der Waals surface area (Å²) in [7, 11) is 0. The van der Waals surface area contributed by atoms with Crippen molar-refractivity contribution < 1.29 is 5.11 Å². The highest BCUT2D eigenvalue weighted by Gasteiger charge is 2.38. The lowest BCUT2D eigenvalue weighted by molar-refractivity contribution is 0.479. The number of nitrogens with two attached hydrogens (primary N) is 1. The van der Waals surface area contributed by atoms with Crippen LogP contribution in [0.3, 0.4) is 0 Å². The van der Waals surface area contributed by atoms with Crippen molar-refractivity contribution in [2.45, 2.75) is 12.6 Å². The number of benzene rings is 3. The molecule has 1 atom stereocenters. The fourth-order valence-corrected chi connectivity index (χ4v) is 4.04. The monoisotopic (exact) mass is 396 g/mol. The van der Waals surface area contributed by atoms with Crippen LogP contribution in [0.15, 0.2) is 82.6 Å². The third kappa shape index (κ3) is 2.73. The van der Waals surface area contributed by atoms with E-state index in [1.54, 1.807) is 12.1 Å². The first kappa shape index (κ1) is 18.0. The van der Waals surface area contributed by atoms with Gasteiger partial charge in [0, 0.05) is 27.9 Å². The lowest BCUT2D eigenvalue weighted by atomic mass is 9.95. The van der Waals surface area contributed by atoms with Gasteiger partial charge in [-0.1, -0.05) is 36.4 Å². The average molecular weight is 396 g/mol. The van der Waals surface area contributed by atoms with E-state index in [1.807, 2.05) is 67.6 Å². The first-order valence-electron chi connectivity index (χ1n) is 9.64. The van der Waals surface area contributed by atoms with E-state index in [-0.39, 0.29) is 16.9 Å². The Hall–Kier alpha value is -4.06. The van der Waals surface area contributed by atoms with Crippen LogP contribution in [0.4, 0.5) is 11.4 Å². The van der Waals surface area contributed by atoms with Crippen molar-refractivity contribution in [3.05, 3.63) is 99.8 Å². The zero-order valence-electron chi connectivity index (χ0n) is 16.3. The molecule has 0 aliphatic carbocycles. The van der Waals surface area contributed by atoms with Crippen molar-refractivity contribution in [1.82, 2.24) is 4.98 Å². The largest absolute Gasteiger partial charge is 0.506 e. The minimum Gasteiger partial charge on any atom is -0.506 e. The summed E-state index contributed by atoms with van der Waals surface area (Å²) in [5.41, 5.74) is 9.07. The fourth-order valence-electron chi connectivity index (χ4n) is 4.04. The second-order valence-electron chi connectivity index (χ2n) is 7.55. The molecule has 4 aromatic rings. The summed E-state index contributed by atoms with van der Waals surface area (Å²) in [6.45, 7) is 1.95. The number of rotatable bonds is 3. The zero-order chi connectivity index (χ0) is 20.9. The molecular weight excluding hydrogens is 376 g/mol. The minimum atomic E-state index is -0.813. The van der Waals surface area contributed by atoms with Gasteiger partial charge in [-0.05, 0) is 43.3 Å². The number of nitrogen functional groups attached to an aromatic ring is 1. The van der Waals surface area contributed by atoms with Crippen molar-refractivity contribution >= 4 is 28.0 Å². The molecule has 0 radical (unpaired) electrons. The van der Waals surface area contributed by atoms with Crippen molar-refractivity contribution in [3.63, 3.8) is 0 Å². The first-order valence-corrected chi connectivity index (χ1v) is 9.64. The highest BCUT2D eigenvalue weighted by molar-refractivity contribution is 6.18. The number of aliphatic imine (C=N–C) groups is 1. The maximum Gasteiger partial charge on any atom is 0.261 e. The first-order chi connectivity index (χ1) is 14.5. The lowest BCUT2D eigenvalue weighted by Crippen LogP contribution is -2.27. The Morgan fingerprint density at radius 3 is 2.50 bits per heavy atom. The normalized spacial score (nSPS) is 17.6. The van der Waals surface area contributed by atoms with E-state index in [0.717, 1.165) is 16.8 Å². The number of aromatic nitrogens is 1. The highest BCUT2D eigenvalue weighted by Crippen LogP contribution is 2.39. The summed E-state index contributed by atoms with van der Waals surface area (Å²) in [6.07, 6.45) is 0. The maximum atomic E-state index is 12.9. The molecular formula is C24H20N4O2. The topological polar surface area (TPSA) is 104 Å². The number of nitrogens with zero attached hydrogens (tertiary/aromatic N) is 1. The van der Waals surface area contributed by atoms with Gasteiger partial charge in [0.05, 0.1) is 11.2 Å². The van der Waals surface area contributed by atoms with Gasteiger partial charge in [0.1, 0.15) is 11.3 Å². The van der Waals surface area contributed by atoms with E-state index in [0.29, 0.717) is 22.3 Å². The smallest absolute Gasteiger partial charge is 0.261 e. The number of anilines is 2. The molecule has 0 bridgehead atoms. The van der Waals surface area contributed by atoms with E-state index in [4.69, 9.17) is 10.7 Å². The number of para-hydroxylation sites is 1. The molecule has 2 heterocycles. The molecule has 1 unspecified atom stereocenters. The number of hydrogen-bond donors (Lipinski definition) is 4. The predicted molar refractivity (Wildman–Crippen MR) is 120 cm³/mol. The molecule has 6 nitrogen and oxygen atoms in total. The summed E-state index contributed by atoms with van der Waals surface area (Å²) >= 11 is 0. The Kier molecular flexibility index (Phi) is 3.89. The molecule has 0 amide bonds. The summed E-state index contributed by atoms with van der Waals surface area (Å²) in [5.74, 6) is -0.0698. The molecule has 30 heavy (non-hydrogen) atoms. The Labute approximate surface area is 172 Å². The standard InChI is InChI=1S/C24H20N4O2/c1-24(27-15-12-10-14(25)11-13-15)18-8-4-2-6-16(18)21(28-24)20-22(29)17-7-3-5-9-19(17)26-23(20)30/h2-13,27H,25H2,1H3,(H2,26,29,30). The fraction of sp³-hybridized carbons (Fsp3) is 0.0833. The van der Waals surface area contributed by atoms with Gasteiger partial charge >= 0.3 is 0 Å². The third-order valence-corrected chi connectivity index (χ3v) is 5.47. The van der Waals surface area contributed by atoms with Gasteiger partial charge in [-0.25, -0.2) is 0 Å². The Bertz CT molecular complexity index is 1370. The van der Waals surface area contributed by atoms with Crippen LogP contribution in [0, 0.1) is 0 Å². The molecule has 1 aliphatic rings. The number of aromatic amines is 1. The van der Waals surface area contributed by atoms with Gasteiger partial charge in [0.25, 0.3) is 5.56 Å². The van der Waals surface area contributed by atoms with E-state index in [2.05, 4.69) is 10.3 Å². The molecule has 0 saturated carbocycles. The molecule has 1 aliphatic heterocycles. The van der Waals surface area contributed by atoms with Gasteiger partial charge in [0.2, 0.25) is 0 Å². The molecule has 3 aromatic carbocycles. The number of pyridine rings is 1. The third-order valence-electron chi connectivity index (χ3n) is 5.47. The van der Waals surface area contributed by atoms with E-state index in [9.17, 15) is 9.90 Å². The van der Waals surface area contributed by atoms with Crippen molar-refractivity contribution in [2.75, 3.05) is 11.1 Å². The van der Waals surface area contributed by atoms with Crippen LogP contribution < -0.4 is 16.6 Å². The highest BCUT2D eigenvalue weighted by atomic mass is 16.3. The van der Waals surface area contributed by atoms with Crippen LogP contribution in [0.5, 0.6) is 5.75 Å². The van der Waals surface area contributed by atoms with Crippen LogP contribution in [0.2, 0.25) is 0 Å². The summed E-state index contributed by atoms with van der Waals surface area (Å²) < 4.78 is 0. The van der Waals surface area contributed by atoms with Crippen LogP contribution in [-0.2, 0) is 5.66 Å². The predicted octanol–water partition coefficient (Wildman–Crippen LogP) is 3.95. The van der Waals surface area contributed by atoms with E-state index < -0.39 is 5.66 Å². The molecule has 148 valence electrons. The van der Waals surface area contributed by atoms with Crippen LogP contribution in [0.1, 0.15) is 23.6 Å². The van der Waals surface area contributed by atoms with Crippen LogP contribution >= 0.6 is 0 Å². The van der Waals surface area contributed by atoms with Gasteiger partial charge in [0.15, 0.2) is 5.66 Å². The second kappa shape index (κ2) is 6.49. The van der Waals surface area contributed by atoms with E-state index in [1.165, 1.54) is 0 Å². The van der Waals surface area contributed by atoms with Crippen molar-refractivity contribution in [1.29, 1.82) is 0 Å². The molecule has 5 N–H and O–H groups in total. The van der Waals surface area contributed by atoms with Gasteiger partial charge in [-0.2, -0.15) is 0 Å². The Morgan fingerprint density at radius 1 is 1.00 bits per heavy atom. The molecule has 0 spiro atoms. The molecule has 0 saturated heterocycles.